The van der Waals surface area contributed by atoms with Crippen LogP contribution in [0.25, 0.3) is 0 Å². The second-order valence-corrected chi connectivity index (χ2v) is 5.70. The van der Waals surface area contributed by atoms with Gasteiger partial charge in [0.1, 0.15) is 11.4 Å². The third kappa shape index (κ3) is 4.68. The van der Waals surface area contributed by atoms with Crippen LogP contribution in [0.3, 0.4) is 0 Å². The number of halogens is 1. The second kappa shape index (κ2) is 8.78. The molecule has 3 aromatic carbocycles. The zero-order chi connectivity index (χ0) is 18.2. The lowest BCUT2D eigenvalue weighted by molar-refractivity contribution is 0.415. The van der Waals surface area contributed by atoms with Gasteiger partial charge in [0.15, 0.2) is 0 Å². The maximum Gasteiger partial charge on any atom is 0.201 e. The Labute approximate surface area is 157 Å². The van der Waals surface area contributed by atoms with Gasteiger partial charge in [-0.3, -0.25) is 5.43 Å². The van der Waals surface area contributed by atoms with Crippen molar-refractivity contribution in [1.29, 1.82) is 0 Å². The lowest BCUT2D eigenvalue weighted by atomic mass is 10.2. The summed E-state index contributed by atoms with van der Waals surface area (Å²) < 4.78 is 5.20. The Balaban J connectivity index is 1.91. The third-order valence-electron chi connectivity index (χ3n) is 3.52. The van der Waals surface area contributed by atoms with Gasteiger partial charge < -0.3 is 4.74 Å². The standard InChI is InChI=1S/C20H17ClN4O/c1-26-17-13-11-15(12-14-17)20(24-22-16-7-3-2-4-8-16)25-23-19-10-6-5-9-18(19)21/h2-14,22H,1H3/b24-20+,25-23?. The topological polar surface area (TPSA) is 58.3 Å². The third-order valence-corrected chi connectivity index (χ3v) is 3.84. The van der Waals surface area contributed by atoms with Crippen LogP contribution in [0.1, 0.15) is 5.56 Å². The molecule has 0 amide bonds. The number of ether oxygens (including phenoxy) is 1. The first-order valence-electron chi connectivity index (χ1n) is 7.96. The molecule has 0 aliphatic heterocycles. The zero-order valence-corrected chi connectivity index (χ0v) is 14.9. The lowest BCUT2D eigenvalue weighted by Crippen LogP contribution is -2.01. The molecule has 26 heavy (non-hydrogen) atoms. The van der Waals surface area contributed by atoms with E-state index < -0.39 is 0 Å². The SMILES string of the molecule is COc1ccc(/C(N=Nc2ccccc2Cl)=N\Nc2ccccc2)cc1. The van der Waals surface area contributed by atoms with Gasteiger partial charge in [-0.1, -0.05) is 41.9 Å². The number of hydrazone groups is 1. The van der Waals surface area contributed by atoms with Gasteiger partial charge in [0.25, 0.3) is 0 Å². The van der Waals surface area contributed by atoms with Crippen molar-refractivity contribution in [2.75, 3.05) is 12.5 Å². The highest BCUT2D eigenvalue weighted by Gasteiger charge is 2.05. The fourth-order valence-corrected chi connectivity index (χ4v) is 2.32. The molecule has 0 heterocycles. The van der Waals surface area contributed by atoms with Crippen LogP contribution in [0.2, 0.25) is 5.02 Å². The molecule has 0 aliphatic carbocycles. The van der Waals surface area contributed by atoms with Crippen molar-refractivity contribution in [3.8, 4) is 5.75 Å². The summed E-state index contributed by atoms with van der Waals surface area (Å²) in [5, 5.41) is 13.4. The van der Waals surface area contributed by atoms with Gasteiger partial charge >= 0.3 is 0 Å². The highest BCUT2D eigenvalue weighted by atomic mass is 35.5. The van der Waals surface area contributed by atoms with Crippen molar-refractivity contribution >= 4 is 28.8 Å². The Morgan fingerprint density at radius 3 is 2.27 bits per heavy atom. The molecule has 1 N–H and O–H groups in total. The minimum absolute atomic E-state index is 0.427. The van der Waals surface area contributed by atoms with E-state index in [0.29, 0.717) is 16.5 Å². The highest BCUT2D eigenvalue weighted by Crippen LogP contribution is 2.24. The summed E-state index contributed by atoms with van der Waals surface area (Å²) in [4.78, 5) is 0. The fourth-order valence-electron chi connectivity index (χ4n) is 2.15. The molecule has 0 radical (unpaired) electrons. The molecule has 130 valence electrons. The fraction of sp³-hybridized carbons (Fsp3) is 0.0500. The Kier molecular flexibility index (Phi) is 5.96. The van der Waals surface area contributed by atoms with Crippen molar-refractivity contribution in [3.05, 3.63) is 89.4 Å². The van der Waals surface area contributed by atoms with Crippen LogP contribution in [0, 0.1) is 0 Å². The summed E-state index contributed by atoms with van der Waals surface area (Å²) in [6.45, 7) is 0. The smallest absolute Gasteiger partial charge is 0.201 e. The van der Waals surface area contributed by atoms with E-state index in [1.807, 2.05) is 66.7 Å². The maximum absolute atomic E-state index is 6.14. The average Bonchev–Trinajstić information content (AvgIpc) is 2.70. The number of nitrogens with one attached hydrogen (secondary N) is 1. The number of hydrogen-bond acceptors (Lipinski definition) is 4. The molecule has 0 aliphatic rings. The summed E-state index contributed by atoms with van der Waals surface area (Å²) in [7, 11) is 1.62. The normalized spacial score (nSPS) is 11.5. The second-order valence-electron chi connectivity index (χ2n) is 5.29. The van der Waals surface area contributed by atoms with Gasteiger partial charge in [-0.25, -0.2) is 0 Å². The molecular weight excluding hydrogens is 348 g/mol. The largest absolute Gasteiger partial charge is 0.497 e. The minimum Gasteiger partial charge on any atom is -0.497 e. The van der Waals surface area contributed by atoms with Gasteiger partial charge in [0, 0.05) is 5.56 Å². The molecule has 3 rings (SSSR count). The molecule has 0 unspecified atom stereocenters. The highest BCUT2D eigenvalue weighted by molar-refractivity contribution is 6.32. The summed E-state index contributed by atoms with van der Waals surface area (Å²) >= 11 is 6.14. The Morgan fingerprint density at radius 1 is 0.885 bits per heavy atom. The molecule has 0 saturated carbocycles. The maximum atomic E-state index is 6.14. The summed E-state index contributed by atoms with van der Waals surface area (Å²) in [6, 6.07) is 24.3. The van der Waals surface area contributed by atoms with Crippen molar-refractivity contribution in [1.82, 2.24) is 0 Å². The van der Waals surface area contributed by atoms with E-state index in [1.165, 1.54) is 0 Å². The van der Waals surface area contributed by atoms with Crippen molar-refractivity contribution in [3.63, 3.8) is 0 Å². The van der Waals surface area contributed by atoms with Crippen LogP contribution in [0.5, 0.6) is 5.75 Å². The van der Waals surface area contributed by atoms with Crippen LogP contribution in [-0.2, 0) is 0 Å². The first kappa shape index (κ1) is 17.6. The van der Waals surface area contributed by atoms with Crippen LogP contribution < -0.4 is 10.2 Å². The van der Waals surface area contributed by atoms with Crippen molar-refractivity contribution in [2.24, 2.45) is 15.3 Å². The van der Waals surface area contributed by atoms with Crippen molar-refractivity contribution in [2.45, 2.75) is 0 Å². The molecule has 0 bridgehead atoms. The number of azo groups is 1. The molecule has 0 fully saturated rings. The molecule has 6 heteroatoms. The molecular formula is C20H17ClN4O. The number of anilines is 1. The number of amidine groups is 1. The predicted octanol–water partition coefficient (Wildman–Crippen LogP) is 5.91. The Hall–Kier alpha value is -3.18. The van der Waals surface area contributed by atoms with E-state index in [4.69, 9.17) is 16.3 Å². The van der Waals surface area contributed by atoms with E-state index in [9.17, 15) is 0 Å². The summed E-state index contributed by atoms with van der Waals surface area (Å²) in [5.41, 5.74) is 5.22. The van der Waals surface area contributed by atoms with Gasteiger partial charge in [-0.15, -0.1) is 10.2 Å². The zero-order valence-electron chi connectivity index (χ0n) is 14.1. The van der Waals surface area contributed by atoms with Crippen LogP contribution in [0.15, 0.2) is 94.2 Å². The molecule has 5 nitrogen and oxygen atoms in total. The van der Waals surface area contributed by atoms with Gasteiger partial charge in [-0.05, 0) is 48.5 Å². The monoisotopic (exact) mass is 364 g/mol. The van der Waals surface area contributed by atoms with E-state index in [-0.39, 0.29) is 0 Å². The average molecular weight is 365 g/mol. The molecule has 0 spiro atoms. The van der Waals surface area contributed by atoms with Crippen LogP contribution in [-0.4, -0.2) is 12.9 Å². The number of hydrogen-bond donors (Lipinski definition) is 1. The van der Waals surface area contributed by atoms with Gasteiger partial charge in [0.05, 0.1) is 17.8 Å². The minimum atomic E-state index is 0.427. The first-order chi connectivity index (χ1) is 12.8. The molecule has 0 aromatic heterocycles. The lowest BCUT2D eigenvalue weighted by Gasteiger charge is -2.05. The summed E-state index contributed by atoms with van der Waals surface area (Å²) in [5.74, 6) is 1.18. The molecule has 0 atom stereocenters. The van der Waals surface area contributed by atoms with E-state index in [2.05, 4.69) is 20.8 Å². The Morgan fingerprint density at radius 2 is 1.58 bits per heavy atom. The number of rotatable bonds is 5. The van der Waals surface area contributed by atoms with E-state index in [0.717, 1.165) is 17.0 Å². The number of para-hydroxylation sites is 1. The first-order valence-corrected chi connectivity index (χ1v) is 8.33. The van der Waals surface area contributed by atoms with Crippen LogP contribution >= 0.6 is 11.6 Å². The Bertz CT molecular complexity index is 909. The predicted molar refractivity (Wildman–Crippen MR) is 106 cm³/mol. The van der Waals surface area contributed by atoms with Gasteiger partial charge in [0.2, 0.25) is 5.84 Å². The quantitative estimate of drug-likeness (QED) is 0.265. The van der Waals surface area contributed by atoms with Crippen LogP contribution in [0.4, 0.5) is 11.4 Å². The number of methoxy groups -OCH3 is 1. The summed E-state index contributed by atoms with van der Waals surface area (Å²) in [6.07, 6.45) is 0. The molecule has 3 aromatic rings. The number of benzene rings is 3. The van der Waals surface area contributed by atoms with Gasteiger partial charge in [-0.2, -0.15) is 5.10 Å². The molecule has 0 saturated heterocycles. The van der Waals surface area contributed by atoms with Crippen molar-refractivity contribution < 1.29 is 4.74 Å². The number of nitrogens with zero attached hydrogens (tertiary/aromatic N) is 3. The van der Waals surface area contributed by atoms with E-state index in [1.54, 1.807) is 19.2 Å². The van der Waals surface area contributed by atoms with E-state index >= 15 is 0 Å².